The molecule has 0 amide bonds. The Kier molecular flexibility index (Phi) is 4.50. The lowest BCUT2D eigenvalue weighted by molar-refractivity contribution is 0.101. The molecule has 0 atom stereocenters. The summed E-state index contributed by atoms with van der Waals surface area (Å²) in [6.45, 7) is 4.10. The summed E-state index contributed by atoms with van der Waals surface area (Å²) < 4.78 is 5.97. The Morgan fingerprint density at radius 2 is 2.07 bits per heavy atom. The molecule has 8 heteroatoms. The number of benzene rings is 1. The molecule has 1 aromatic carbocycles. The van der Waals surface area contributed by atoms with Crippen molar-refractivity contribution in [2.45, 2.75) is 6.54 Å². The van der Waals surface area contributed by atoms with Crippen LogP contribution in [0.5, 0.6) is 11.5 Å². The molecule has 0 aliphatic carbocycles. The normalized spacial score (nSPS) is 18.4. The van der Waals surface area contributed by atoms with Gasteiger partial charge >= 0.3 is 0 Å². The third kappa shape index (κ3) is 3.27. The van der Waals surface area contributed by atoms with E-state index >= 15 is 0 Å². The number of phenolic OH excluding ortho intramolecular Hbond substituents is 1. The summed E-state index contributed by atoms with van der Waals surface area (Å²) >= 11 is 5.94. The number of carbonyl (C=O) groups excluding carboxylic acids is 1. The molecule has 2 aromatic heterocycles. The van der Waals surface area contributed by atoms with Gasteiger partial charge < -0.3 is 20.1 Å². The fourth-order valence-electron chi connectivity index (χ4n) is 3.81. The average molecular weight is 411 g/mol. The second kappa shape index (κ2) is 7.18. The summed E-state index contributed by atoms with van der Waals surface area (Å²) in [5, 5.41) is 15.0. The van der Waals surface area contributed by atoms with Crippen LogP contribution in [0.4, 0.5) is 0 Å². The van der Waals surface area contributed by atoms with Gasteiger partial charge in [0.25, 0.3) is 0 Å². The van der Waals surface area contributed by atoms with E-state index in [1.165, 1.54) is 0 Å². The number of halogens is 1. The van der Waals surface area contributed by atoms with Crippen LogP contribution in [0.15, 0.2) is 36.2 Å². The predicted octanol–water partition coefficient (Wildman–Crippen LogP) is 2.94. The van der Waals surface area contributed by atoms with Crippen molar-refractivity contribution in [3.8, 4) is 11.5 Å². The number of ketones is 1. The fraction of sp³-hybridized carbons (Fsp3) is 0.238. The van der Waals surface area contributed by atoms with E-state index in [1.54, 1.807) is 30.5 Å². The van der Waals surface area contributed by atoms with E-state index in [2.05, 4.69) is 20.2 Å². The van der Waals surface area contributed by atoms with Crippen LogP contribution < -0.4 is 10.1 Å². The smallest absolute Gasteiger partial charge is 0.231 e. The van der Waals surface area contributed by atoms with E-state index in [4.69, 9.17) is 16.3 Å². The monoisotopic (exact) mass is 410 g/mol. The fourth-order valence-corrected chi connectivity index (χ4v) is 3.95. The predicted molar refractivity (Wildman–Crippen MR) is 110 cm³/mol. The summed E-state index contributed by atoms with van der Waals surface area (Å²) in [5.41, 5.74) is 2.55. The van der Waals surface area contributed by atoms with Crippen molar-refractivity contribution in [3.05, 3.63) is 58.1 Å². The Morgan fingerprint density at radius 3 is 2.90 bits per heavy atom. The molecule has 4 heterocycles. The Morgan fingerprint density at radius 1 is 1.24 bits per heavy atom. The van der Waals surface area contributed by atoms with Gasteiger partial charge in [-0.2, -0.15) is 0 Å². The van der Waals surface area contributed by atoms with Crippen molar-refractivity contribution >= 4 is 34.5 Å². The maximum absolute atomic E-state index is 12.9. The van der Waals surface area contributed by atoms with E-state index in [0.717, 1.165) is 37.1 Å². The van der Waals surface area contributed by atoms with Gasteiger partial charge in [-0.25, -0.2) is 4.98 Å². The van der Waals surface area contributed by atoms with Crippen molar-refractivity contribution in [1.29, 1.82) is 0 Å². The summed E-state index contributed by atoms with van der Waals surface area (Å²) in [5.74, 6) is 0.615. The van der Waals surface area contributed by atoms with E-state index in [-0.39, 0.29) is 17.3 Å². The third-order valence-electron chi connectivity index (χ3n) is 5.33. The lowest BCUT2D eigenvalue weighted by atomic mass is 10.0. The number of nitrogens with one attached hydrogen (secondary N) is 2. The van der Waals surface area contributed by atoms with Crippen LogP contribution in [-0.4, -0.2) is 51.9 Å². The van der Waals surface area contributed by atoms with Gasteiger partial charge in [0.05, 0.1) is 11.1 Å². The zero-order valence-corrected chi connectivity index (χ0v) is 16.3. The zero-order chi connectivity index (χ0) is 20.0. The Hall–Kier alpha value is -2.87. The molecule has 0 radical (unpaired) electrons. The highest BCUT2D eigenvalue weighted by Crippen LogP contribution is 2.40. The van der Waals surface area contributed by atoms with Crippen molar-refractivity contribution in [1.82, 2.24) is 20.2 Å². The minimum Gasteiger partial charge on any atom is -0.507 e. The van der Waals surface area contributed by atoms with Crippen LogP contribution in [0.2, 0.25) is 5.15 Å². The van der Waals surface area contributed by atoms with Crippen LogP contribution in [0.3, 0.4) is 0 Å². The zero-order valence-electron chi connectivity index (χ0n) is 15.5. The maximum Gasteiger partial charge on any atom is 0.231 e. The van der Waals surface area contributed by atoms with Gasteiger partial charge in [0, 0.05) is 49.9 Å². The first-order valence-corrected chi connectivity index (χ1v) is 9.84. The molecule has 3 aromatic rings. The van der Waals surface area contributed by atoms with Crippen LogP contribution in [0.1, 0.15) is 21.5 Å². The van der Waals surface area contributed by atoms with Gasteiger partial charge in [-0.1, -0.05) is 11.6 Å². The Bertz CT molecular complexity index is 1150. The average Bonchev–Trinajstić information content (AvgIpc) is 3.26. The van der Waals surface area contributed by atoms with E-state index in [1.807, 2.05) is 6.07 Å². The molecule has 0 saturated carbocycles. The van der Waals surface area contributed by atoms with Crippen molar-refractivity contribution in [2.75, 3.05) is 26.2 Å². The molecule has 29 heavy (non-hydrogen) atoms. The van der Waals surface area contributed by atoms with E-state index in [9.17, 15) is 9.90 Å². The number of hydrogen-bond donors (Lipinski definition) is 3. The molecular weight excluding hydrogens is 392 g/mol. The van der Waals surface area contributed by atoms with Gasteiger partial charge in [0.1, 0.15) is 22.3 Å². The number of Topliss-reactive ketones (excluding diaryl/α,β-unsaturated/α-hetero) is 1. The number of hydrogen-bond acceptors (Lipinski definition) is 6. The van der Waals surface area contributed by atoms with Gasteiger partial charge in [0.2, 0.25) is 5.78 Å². The molecule has 0 unspecified atom stereocenters. The number of pyridine rings is 1. The highest BCUT2D eigenvalue weighted by atomic mass is 35.5. The molecule has 3 N–H and O–H groups in total. The number of aromatic amines is 1. The highest BCUT2D eigenvalue weighted by Gasteiger charge is 2.32. The standard InChI is InChI=1S/C21H19ClN4O3/c22-18-4-2-13-12(10-24-21(13)25-18)9-17-19(28)14-1-3-16(27)15(20(14)29-17)11-26-7-5-23-6-8-26/h1-4,9-10,23,27H,5-8,11H2,(H,24,25). The molecule has 0 spiro atoms. The van der Waals surface area contributed by atoms with Gasteiger partial charge in [-0.3, -0.25) is 9.69 Å². The van der Waals surface area contributed by atoms with Gasteiger partial charge in [0.15, 0.2) is 5.76 Å². The molecular formula is C21H19ClN4O3. The number of carbonyl (C=O) groups is 1. The Labute approximate surface area is 171 Å². The number of phenols is 1. The second-order valence-electron chi connectivity index (χ2n) is 7.18. The quantitative estimate of drug-likeness (QED) is 0.454. The summed E-state index contributed by atoms with van der Waals surface area (Å²) in [4.78, 5) is 22.4. The molecule has 2 aliphatic rings. The number of aromatic hydroxyl groups is 1. The third-order valence-corrected chi connectivity index (χ3v) is 5.54. The van der Waals surface area contributed by atoms with Crippen LogP contribution in [-0.2, 0) is 6.54 Å². The molecule has 5 rings (SSSR count). The van der Waals surface area contributed by atoms with E-state index < -0.39 is 0 Å². The molecule has 2 aliphatic heterocycles. The molecule has 1 saturated heterocycles. The highest BCUT2D eigenvalue weighted by molar-refractivity contribution is 6.29. The summed E-state index contributed by atoms with van der Waals surface area (Å²) in [6, 6.07) is 6.74. The topological polar surface area (TPSA) is 90.5 Å². The molecule has 0 bridgehead atoms. The number of H-pyrrole nitrogens is 1. The van der Waals surface area contributed by atoms with Crippen molar-refractivity contribution in [2.24, 2.45) is 0 Å². The number of allylic oxidation sites excluding steroid dienone is 1. The number of rotatable bonds is 3. The number of nitrogens with zero attached hydrogens (tertiary/aromatic N) is 2. The summed E-state index contributed by atoms with van der Waals surface area (Å²) in [7, 11) is 0. The van der Waals surface area contributed by atoms with Crippen LogP contribution >= 0.6 is 11.6 Å². The lowest BCUT2D eigenvalue weighted by Gasteiger charge is -2.27. The first-order valence-electron chi connectivity index (χ1n) is 9.46. The number of ether oxygens (including phenoxy) is 1. The first-order chi connectivity index (χ1) is 14.1. The van der Waals surface area contributed by atoms with Crippen LogP contribution in [0.25, 0.3) is 17.1 Å². The Balaban J connectivity index is 1.50. The SMILES string of the molecule is O=C1C(=Cc2c[nH]c3nc(Cl)ccc23)Oc2c1ccc(O)c2CN1CCNCC1. The van der Waals surface area contributed by atoms with Crippen LogP contribution in [0, 0.1) is 0 Å². The number of fused-ring (bicyclic) bond motifs is 2. The largest absolute Gasteiger partial charge is 0.507 e. The maximum atomic E-state index is 12.9. The molecule has 1 fully saturated rings. The van der Waals surface area contributed by atoms with Gasteiger partial charge in [-0.05, 0) is 30.3 Å². The minimum absolute atomic E-state index is 0.141. The van der Waals surface area contributed by atoms with Crippen molar-refractivity contribution < 1.29 is 14.6 Å². The summed E-state index contributed by atoms with van der Waals surface area (Å²) in [6.07, 6.45) is 3.46. The van der Waals surface area contributed by atoms with Gasteiger partial charge in [-0.15, -0.1) is 0 Å². The molecule has 7 nitrogen and oxygen atoms in total. The first kappa shape index (κ1) is 18.2. The lowest BCUT2D eigenvalue weighted by Crippen LogP contribution is -2.42. The number of aromatic nitrogens is 2. The van der Waals surface area contributed by atoms with Crippen molar-refractivity contribution in [3.63, 3.8) is 0 Å². The number of piperazine rings is 1. The second-order valence-corrected chi connectivity index (χ2v) is 7.57. The minimum atomic E-state index is -0.196. The van der Waals surface area contributed by atoms with E-state index in [0.29, 0.717) is 34.2 Å². The molecule has 148 valence electrons.